The number of thiol groups is 1. The molecule has 0 fully saturated rings. The van der Waals surface area contributed by atoms with Crippen molar-refractivity contribution in [3.8, 4) is 0 Å². The van der Waals surface area contributed by atoms with E-state index in [4.69, 9.17) is 0 Å². The van der Waals surface area contributed by atoms with Crippen LogP contribution in [-0.4, -0.2) is 0 Å². The molecule has 58 valence electrons. The number of aryl methyl sites for hydroxylation is 1. The predicted molar refractivity (Wildman–Crippen MR) is 54.0 cm³/mol. The molecular weight excluding hydrogens is 152 g/mol. The molecule has 0 heterocycles. The molecule has 1 heteroatoms. The van der Waals surface area contributed by atoms with Gasteiger partial charge >= 0.3 is 0 Å². The van der Waals surface area contributed by atoms with Gasteiger partial charge in [-0.25, -0.2) is 0 Å². The summed E-state index contributed by atoms with van der Waals surface area (Å²) in [6.07, 6.45) is 1.89. The van der Waals surface area contributed by atoms with Gasteiger partial charge in [-0.3, -0.25) is 0 Å². The number of benzene rings is 1. The molecule has 1 rings (SSSR count). The van der Waals surface area contributed by atoms with E-state index in [-0.39, 0.29) is 0 Å². The lowest BCUT2D eigenvalue weighted by atomic mass is 10.0. The van der Waals surface area contributed by atoms with Gasteiger partial charge in [0.25, 0.3) is 0 Å². The zero-order chi connectivity index (χ0) is 8.27. The fraction of sp³-hybridized carbons (Fsp3) is 0.200. The number of hydrogen-bond acceptors (Lipinski definition) is 1. The summed E-state index contributed by atoms with van der Waals surface area (Å²) in [5, 5.41) is 0. The van der Waals surface area contributed by atoms with Gasteiger partial charge in [-0.1, -0.05) is 30.9 Å². The second-order valence-electron chi connectivity index (χ2n) is 2.51. The van der Waals surface area contributed by atoms with Crippen LogP contribution in [0.15, 0.2) is 24.8 Å². The first-order valence-corrected chi connectivity index (χ1v) is 4.24. The highest BCUT2D eigenvalue weighted by atomic mass is 32.1. The smallest absolute Gasteiger partial charge is 0.0160 e. The standard InChI is InChI=1S/C10H12S/c1-3-10-8(2)5-4-6-9(10)7-11/h3-6,11H,1,7H2,2H3. The Morgan fingerprint density at radius 1 is 1.55 bits per heavy atom. The Morgan fingerprint density at radius 2 is 2.27 bits per heavy atom. The number of rotatable bonds is 2. The van der Waals surface area contributed by atoms with E-state index in [1.807, 2.05) is 12.1 Å². The molecule has 0 spiro atoms. The first-order chi connectivity index (χ1) is 5.29. The van der Waals surface area contributed by atoms with E-state index in [0.717, 1.165) is 5.75 Å². The molecule has 0 aromatic heterocycles. The topological polar surface area (TPSA) is 0 Å². The summed E-state index contributed by atoms with van der Waals surface area (Å²) in [6.45, 7) is 5.85. The largest absolute Gasteiger partial charge is 0.175 e. The second kappa shape index (κ2) is 3.63. The van der Waals surface area contributed by atoms with Crippen LogP contribution in [0.2, 0.25) is 0 Å². The molecule has 11 heavy (non-hydrogen) atoms. The number of hydrogen-bond donors (Lipinski definition) is 1. The Morgan fingerprint density at radius 3 is 2.73 bits per heavy atom. The zero-order valence-corrected chi connectivity index (χ0v) is 7.57. The minimum atomic E-state index is 0.781. The fourth-order valence-corrected chi connectivity index (χ4v) is 1.45. The molecule has 0 saturated carbocycles. The van der Waals surface area contributed by atoms with Crippen molar-refractivity contribution in [3.05, 3.63) is 41.5 Å². The molecule has 0 saturated heterocycles. The molecule has 0 bridgehead atoms. The first kappa shape index (κ1) is 8.41. The molecule has 0 nitrogen and oxygen atoms in total. The van der Waals surface area contributed by atoms with E-state index in [1.165, 1.54) is 16.7 Å². The Hall–Kier alpha value is -0.690. The lowest BCUT2D eigenvalue weighted by molar-refractivity contribution is 1.33. The third kappa shape index (κ3) is 1.66. The van der Waals surface area contributed by atoms with E-state index >= 15 is 0 Å². The average Bonchev–Trinajstić information content (AvgIpc) is 2.04. The zero-order valence-electron chi connectivity index (χ0n) is 6.67. The van der Waals surface area contributed by atoms with Gasteiger partial charge in [0.15, 0.2) is 0 Å². The van der Waals surface area contributed by atoms with Crippen molar-refractivity contribution in [1.29, 1.82) is 0 Å². The van der Waals surface area contributed by atoms with Gasteiger partial charge in [-0.15, -0.1) is 0 Å². The van der Waals surface area contributed by atoms with Crippen molar-refractivity contribution in [1.82, 2.24) is 0 Å². The molecule has 0 atom stereocenters. The maximum atomic E-state index is 4.23. The normalized spacial score (nSPS) is 9.64. The van der Waals surface area contributed by atoms with Crippen LogP contribution in [0.25, 0.3) is 6.08 Å². The monoisotopic (exact) mass is 164 g/mol. The molecule has 0 N–H and O–H groups in total. The summed E-state index contributed by atoms with van der Waals surface area (Å²) < 4.78 is 0. The van der Waals surface area contributed by atoms with Crippen molar-refractivity contribution < 1.29 is 0 Å². The first-order valence-electron chi connectivity index (χ1n) is 3.61. The molecule has 0 aliphatic carbocycles. The highest BCUT2D eigenvalue weighted by Crippen LogP contribution is 2.16. The van der Waals surface area contributed by atoms with Crippen LogP contribution in [0, 0.1) is 6.92 Å². The molecule has 0 radical (unpaired) electrons. The average molecular weight is 164 g/mol. The molecule has 0 aliphatic rings. The molecule has 0 amide bonds. The van der Waals surface area contributed by atoms with Crippen molar-refractivity contribution in [2.45, 2.75) is 12.7 Å². The van der Waals surface area contributed by atoms with Crippen molar-refractivity contribution in [2.75, 3.05) is 0 Å². The summed E-state index contributed by atoms with van der Waals surface area (Å²) in [6, 6.07) is 6.22. The summed E-state index contributed by atoms with van der Waals surface area (Å²) >= 11 is 4.23. The Kier molecular flexibility index (Phi) is 2.77. The van der Waals surface area contributed by atoms with E-state index in [1.54, 1.807) is 0 Å². The van der Waals surface area contributed by atoms with Gasteiger partial charge in [0, 0.05) is 5.75 Å². The van der Waals surface area contributed by atoms with Gasteiger partial charge in [0.2, 0.25) is 0 Å². The third-order valence-corrected chi connectivity index (χ3v) is 2.13. The molecule has 0 unspecified atom stereocenters. The maximum absolute atomic E-state index is 4.23. The van der Waals surface area contributed by atoms with Crippen LogP contribution in [0.3, 0.4) is 0 Å². The van der Waals surface area contributed by atoms with Crippen LogP contribution in [0.1, 0.15) is 16.7 Å². The Bertz CT molecular complexity index is 264. The van der Waals surface area contributed by atoms with E-state index < -0.39 is 0 Å². The van der Waals surface area contributed by atoms with E-state index in [0.29, 0.717) is 0 Å². The van der Waals surface area contributed by atoms with Crippen LogP contribution in [0.4, 0.5) is 0 Å². The Balaban J connectivity index is 3.24. The lowest BCUT2D eigenvalue weighted by Crippen LogP contribution is -1.87. The quantitative estimate of drug-likeness (QED) is 0.638. The van der Waals surface area contributed by atoms with Crippen LogP contribution in [0.5, 0.6) is 0 Å². The fourth-order valence-electron chi connectivity index (χ4n) is 1.17. The maximum Gasteiger partial charge on any atom is 0.0160 e. The molecular formula is C10H12S. The summed E-state index contributed by atoms with van der Waals surface area (Å²) in [5.74, 6) is 0.781. The van der Waals surface area contributed by atoms with E-state index in [2.05, 4.69) is 38.3 Å². The molecule has 0 aliphatic heterocycles. The van der Waals surface area contributed by atoms with Gasteiger partial charge in [0.05, 0.1) is 0 Å². The summed E-state index contributed by atoms with van der Waals surface area (Å²) in [7, 11) is 0. The second-order valence-corrected chi connectivity index (χ2v) is 2.83. The van der Waals surface area contributed by atoms with E-state index in [9.17, 15) is 0 Å². The third-order valence-electron chi connectivity index (χ3n) is 1.79. The lowest BCUT2D eigenvalue weighted by Gasteiger charge is -2.04. The molecule has 1 aromatic carbocycles. The highest BCUT2D eigenvalue weighted by Gasteiger charge is 1.98. The Labute approximate surface area is 73.4 Å². The van der Waals surface area contributed by atoms with Crippen molar-refractivity contribution >= 4 is 18.7 Å². The van der Waals surface area contributed by atoms with Gasteiger partial charge in [-0.05, 0) is 23.6 Å². The van der Waals surface area contributed by atoms with Gasteiger partial charge < -0.3 is 0 Å². The van der Waals surface area contributed by atoms with Crippen molar-refractivity contribution in [3.63, 3.8) is 0 Å². The van der Waals surface area contributed by atoms with Gasteiger partial charge in [-0.2, -0.15) is 12.6 Å². The molecule has 1 aromatic rings. The minimum absolute atomic E-state index is 0.781. The highest BCUT2D eigenvalue weighted by molar-refractivity contribution is 7.79. The summed E-state index contributed by atoms with van der Waals surface area (Å²) in [5.41, 5.74) is 3.75. The van der Waals surface area contributed by atoms with Crippen LogP contribution < -0.4 is 0 Å². The minimum Gasteiger partial charge on any atom is -0.175 e. The van der Waals surface area contributed by atoms with Gasteiger partial charge in [0.1, 0.15) is 0 Å². The van der Waals surface area contributed by atoms with Crippen molar-refractivity contribution in [2.24, 2.45) is 0 Å². The SMILES string of the molecule is C=Cc1c(C)cccc1CS. The predicted octanol–water partition coefficient (Wildman–Crippen LogP) is 3.07. The van der Waals surface area contributed by atoms with Crippen LogP contribution >= 0.6 is 12.6 Å². The van der Waals surface area contributed by atoms with Crippen LogP contribution in [-0.2, 0) is 5.75 Å². The summed E-state index contributed by atoms with van der Waals surface area (Å²) in [4.78, 5) is 0.